The predicted octanol–water partition coefficient (Wildman–Crippen LogP) is 13.8. The number of hydrogen-bond donors (Lipinski definition) is 0. The van der Waals surface area contributed by atoms with E-state index in [1.54, 1.807) is 0 Å². The first-order chi connectivity index (χ1) is 26.8. The minimum absolute atomic E-state index is 0.705. The van der Waals surface area contributed by atoms with Crippen molar-refractivity contribution >= 4 is 64.1 Å². The highest BCUT2D eigenvalue weighted by Crippen LogP contribution is 2.49. The minimum Gasteiger partial charge on any atom is -0.304 e. The molecule has 0 aliphatic rings. The molecule has 8 aromatic carbocycles. The summed E-state index contributed by atoms with van der Waals surface area (Å²) in [4.78, 5) is 10.4. The van der Waals surface area contributed by atoms with Crippen molar-refractivity contribution in [1.82, 2.24) is 14.5 Å². The number of nitrogens with zero attached hydrogens (tertiary/aromatic N) is 3. The van der Waals surface area contributed by atoms with Gasteiger partial charge in [0.1, 0.15) is 0 Å². The van der Waals surface area contributed by atoms with Crippen molar-refractivity contribution in [3.05, 3.63) is 188 Å². The summed E-state index contributed by atoms with van der Waals surface area (Å²) in [7, 11) is 0. The molecule has 3 aromatic heterocycles. The molecular formula is C50H31N3S. The van der Waals surface area contributed by atoms with Crippen LogP contribution >= 0.6 is 11.3 Å². The second-order valence-corrected chi connectivity index (χ2v) is 14.8. The molecule has 54 heavy (non-hydrogen) atoms. The third-order valence-corrected chi connectivity index (χ3v) is 11.8. The molecule has 11 rings (SSSR count). The number of aromatic nitrogens is 3. The topological polar surface area (TPSA) is 30.7 Å². The Labute approximate surface area is 316 Å². The molecule has 0 atom stereocenters. The maximum atomic E-state index is 5.35. The summed E-state index contributed by atoms with van der Waals surface area (Å²) in [5.74, 6) is 0.705. The molecule has 3 heterocycles. The van der Waals surface area contributed by atoms with Crippen LogP contribution < -0.4 is 0 Å². The second-order valence-electron chi connectivity index (χ2n) is 13.7. The van der Waals surface area contributed by atoms with Crippen molar-refractivity contribution in [3.63, 3.8) is 0 Å². The van der Waals surface area contributed by atoms with Gasteiger partial charge in [0, 0.05) is 37.4 Å². The number of thiophene rings is 1. The Morgan fingerprint density at radius 1 is 0.426 bits per heavy atom. The van der Waals surface area contributed by atoms with E-state index in [1.165, 1.54) is 69.5 Å². The summed E-state index contributed by atoms with van der Waals surface area (Å²) >= 11 is 1.87. The zero-order valence-electron chi connectivity index (χ0n) is 29.1. The third-order valence-electron chi connectivity index (χ3n) is 10.6. The van der Waals surface area contributed by atoms with Gasteiger partial charge in [-0.15, -0.1) is 11.3 Å². The van der Waals surface area contributed by atoms with Gasteiger partial charge in [0.05, 0.1) is 33.3 Å². The fraction of sp³-hybridized carbons (Fsp3) is 0. The van der Waals surface area contributed by atoms with E-state index in [0.717, 1.165) is 28.0 Å². The fourth-order valence-corrected chi connectivity index (χ4v) is 9.41. The van der Waals surface area contributed by atoms with Gasteiger partial charge >= 0.3 is 0 Å². The number of hydrogen-bond acceptors (Lipinski definition) is 3. The molecule has 11 aromatic rings. The lowest BCUT2D eigenvalue weighted by atomic mass is 9.96. The highest BCUT2D eigenvalue weighted by Gasteiger charge is 2.25. The maximum Gasteiger partial charge on any atom is 0.159 e. The Morgan fingerprint density at radius 3 is 1.61 bits per heavy atom. The van der Waals surface area contributed by atoms with E-state index in [9.17, 15) is 0 Å². The molecule has 0 aliphatic heterocycles. The quantitative estimate of drug-likeness (QED) is 0.178. The first kappa shape index (κ1) is 30.7. The van der Waals surface area contributed by atoms with Crippen LogP contribution in [0.2, 0.25) is 0 Å². The highest BCUT2D eigenvalue weighted by molar-refractivity contribution is 7.27. The molecule has 4 heteroatoms. The van der Waals surface area contributed by atoms with E-state index >= 15 is 0 Å². The van der Waals surface area contributed by atoms with Crippen LogP contribution in [-0.2, 0) is 0 Å². The Kier molecular flexibility index (Phi) is 7.04. The monoisotopic (exact) mass is 705 g/mol. The van der Waals surface area contributed by atoms with Crippen LogP contribution in [0.25, 0.3) is 103 Å². The number of rotatable bonds is 5. The van der Waals surface area contributed by atoms with E-state index in [1.807, 2.05) is 35.7 Å². The second kappa shape index (κ2) is 12.4. The molecule has 0 bridgehead atoms. The van der Waals surface area contributed by atoms with E-state index in [-0.39, 0.29) is 0 Å². The number of benzene rings is 8. The van der Waals surface area contributed by atoms with Gasteiger partial charge in [-0.1, -0.05) is 158 Å². The van der Waals surface area contributed by atoms with Gasteiger partial charge in [0.25, 0.3) is 0 Å². The zero-order valence-corrected chi connectivity index (χ0v) is 30.0. The van der Waals surface area contributed by atoms with Crippen LogP contribution in [0.5, 0.6) is 0 Å². The van der Waals surface area contributed by atoms with Gasteiger partial charge in [0.2, 0.25) is 0 Å². The summed E-state index contributed by atoms with van der Waals surface area (Å²) in [6, 6.07) is 65.0. The van der Waals surface area contributed by atoms with Crippen LogP contribution in [0, 0.1) is 0 Å². The van der Waals surface area contributed by atoms with Gasteiger partial charge in [0.15, 0.2) is 5.82 Å². The van der Waals surface area contributed by atoms with Crippen LogP contribution in [0.1, 0.15) is 0 Å². The Bertz CT molecular complexity index is 3180. The normalized spacial score (nSPS) is 11.7. The Morgan fingerprint density at radius 2 is 0.963 bits per heavy atom. The molecule has 0 N–H and O–H groups in total. The molecule has 0 amide bonds. The lowest BCUT2D eigenvalue weighted by molar-refractivity contribution is 1.09. The van der Waals surface area contributed by atoms with Crippen LogP contribution in [0.3, 0.4) is 0 Å². The number of fused-ring (bicyclic) bond motifs is 10. The highest BCUT2D eigenvalue weighted by atomic mass is 32.1. The summed E-state index contributed by atoms with van der Waals surface area (Å²) in [6.07, 6.45) is 2.03. The van der Waals surface area contributed by atoms with Crippen molar-refractivity contribution in [2.45, 2.75) is 0 Å². The third kappa shape index (κ3) is 4.81. The van der Waals surface area contributed by atoms with Crippen molar-refractivity contribution in [1.29, 1.82) is 0 Å². The molecule has 0 unspecified atom stereocenters. The van der Waals surface area contributed by atoms with Crippen molar-refractivity contribution in [3.8, 4) is 50.6 Å². The fourth-order valence-electron chi connectivity index (χ4n) is 8.17. The molecule has 0 saturated carbocycles. The Balaban J connectivity index is 1.32. The summed E-state index contributed by atoms with van der Waals surface area (Å²) in [5, 5.41) is 7.51. The maximum absolute atomic E-state index is 5.35. The van der Waals surface area contributed by atoms with Crippen molar-refractivity contribution in [2.75, 3.05) is 0 Å². The smallest absolute Gasteiger partial charge is 0.159 e. The largest absolute Gasteiger partial charge is 0.304 e. The molecule has 0 saturated heterocycles. The zero-order chi connectivity index (χ0) is 35.6. The molecule has 0 fully saturated rings. The van der Waals surface area contributed by atoms with Gasteiger partial charge in [-0.25, -0.2) is 9.97 Å². The van der Waals surface area contributed by atoms with Crippen molar-refractivity contribution in [2.24, 2.45) is 0 Å². The van der Waals surface area contributed by atoms with E-state index in [2.05, 4.69) is 168 Å². The molecule has 252 valence electrons. The van der Waals surface area contributed by atoms with Gasteiger partial charge < -0.3 is 4.57 Å². The average molecular weight is 706 g/mol. The molecule has 0 spiro atoms. The first-order valence-corrected chi connectivity index (χ1v) is 19.1. The van der Waals surface area contributed by atoms with Crippen LogP contribution in [-0.4, -0.2) is 14.5 Å². The standard InChI is InChI=1S/C50H31N3S/c1-5-15-32(16-6-1)36-25-27-42-40(29-36)45-38-23-13-14-24-39(38)46-41-30-37(33-17-7-2-8-18-33)26-28-44(41)54-49(46)48(45)53(42)43-31-51-50(35-21-11-4-12-22-35)52-47(43)34-19-9-3-10-20-34/h1-31H. The van der Waals surface area contributed by atoms with Gasteiger partial charge in [-0.3, -0.25) is 0 Å². The summed E-state index contributed by atoms with van der Waals surface area (Å²) in [6.45, 7) is 0. The summed E-state index contributed by atoms with van der Waals surface area (Å²) in [5.41, 5.74) is 11.0. The molecule has 0 radical (unpaired) electrons. The first-order valence-electron chi connectivity index (χ1n) is 18.2. The van der Waals surface area contributed by atoms with Gasteiger partial charge in [-0.05, 0) is 57.3 Å². The minimum atomic E-state index is 0.705. The average Bonchev–Trinajstić information content (AvgIpc) is 3.81. The van der Waals surface area contributed by atoms with Gasteiger partial charge in [-0.2, -0.15) is 0 Å². The van der Waals surface area contributed by atoms with Crippen molar-refractivity contribution < 1.29 is 0 Å². The van der Waals surface area contributed by atoms with Crippen LogP contribution in [0.4, 0.5) is 0 Å². The lowest BCUT2D eigenvalue weighted by Gasteiger charge is -2.15. The van der Waals surface area contributed by atoms with Crippen LogP contribution in [0.15, 0.2) is 188 Å². The molecular weight excluding hydrogens is 675 g/mol. The van der Waals surface area contributed by atoms with E-state index < -0.39 is 0 Å². The molecule has 0 aliphatic carbocycles. The SMILES string of the molecule is c1ccc(-c2ccc3sc4c(c3c2)c2ccccc2c2c3cc(-c5ccccc5)ccc3n(-c3cnc(-c5ccccc5)nc3-c3ccccc3)c42)cc1. The molecule has 3 nitrogen and oxygen atoms in total. The lowest BCUT2D eigenvalue weighted by Crippen LogP contribution is -2.03. The predicted molar refractivity (Wildman–Crippen MR) is 229 cm³/mol. The summed E-state index contributed by atoms with van der Waals surface area (Å²) < 4.78 is 4.97. The Hall–Kier alpha value is -6.88. The van der Waals surface area contributed by atoms with E-state index in [0.29, 0.717) is 5.82 Å². The van der Waals surface area contributed by atoms with E-state index in [4.69, 9.17) is 9.97 Å².